The van der Waals surface area contributed by atoms with Gasteiger partial charge in [0.2, 0.25) is 0 Å². The van der Waals surface area contributed by atoms with E-state index in [1.807, 2.05) is 11.8 Å². The van der Waals surface area contributed by atoms with Gasteiger partial charge in [0, 0.05) is 43.2 Å². The Morgan fingerprint density at radius 3 is 2.32 bits per heavy atom. The maximum Gasteiger partial charge on any atom is 0.253 e. The lowest BCUT2D eigenvalue weighted by Gasteiger charge is -2.36. The summed E-state index contributed by atoms with van der Waals surface area (Å²) in [6.45, 7) is 8.78. The second kappa shape index (κ2) is 10.5. The van der Waals surface area contributed by atoms with Crippen molar-refractivity contribution in [2.75, 3.05) is 31.1 Å². The second-order valence-corrected chi connectivity index (χ2v) is 10.3. The van der Waals surface area contributed by atoms with Gasteiger partial charge in [-0.15, -0.1) is 0 Å². The summed E-state index contributed by atoms with van der Waals surface area (Å²) in [6.07, 6.45) is 1.72. The van der Waals surface area contributed by atoms with Crippen molar-refractivity contribution in [3.05, 3.63) is 76.5 Å². The molecule has 3 heterocycles. The van der Waals surface area contributed by atoms with Crippen LogP contribution in [0, 0.1) is 18.7 Å². The predicted molar refractivity (Wildman–Crippen MR) is 144 cm³/mol. The molecule has 0 N–H and O–H groups in total. The summed E-state index contributed by atoms with van der Waals surface area (Å²) in [6, 6.07) is 13.3. The third kappa shape index (κ3) is 5.30. The van der Waals surface area contributed by atoms with Crippen molar-refractivity contribution in [3.63, 3.8) is 0 Å². The molecule has 0 bridgehead atoms. The number of hydrogen-bond donors (Lipinski definition) is 0. The first-order valence-electron chi connectivity index (χ1n) is 12.6. The number of nitrogens with zero attached hydrogens (tertiary/aromatic N) is 6. The monoisotopic (exact) mass is 520 g/mol. The molecule has 1 amide bonds. The van der Waals surface area contributed by atoms with Crippen LogP contribution in [0.2, 0.25) is 5.02 Å². The molecule has 1 aliphatic heterocycles. The molecule has 0 unspecified atom stereocenters. The molecule has 0 aliphatic carbocycles. The summed E-state index contributed by atoms with van der Waals surface area (Å²) in [7, 11) is 0. The Morgan fingerprint density at radius 1 is 1.00 bits per heavy atom. The summed E-state index contributed by atoms with van der Waals surface area (Å²) in [5.74, 6) is 1.83. The second-order valence-electron chi connectivity index (χ2n) is 9.85. The normalized spacial score (nSPS) is 14.1. The summed E-state index contributed by atoms with van der Waals surface area (Å²) in [5, 5.41) is 6.26. The number of aromatic nitrogens is 4. The van der Waals surface area contributed by atoms with E-state index in [1.54, 1.807) is 41.1 Å². The lowest BCUT2D eigenvalue weighted by molar-refractivity contribution is 0.0746. The van der Waals surface area contributed by atoms with Gasteiger partial charge in [-0.25, -0.2) is 19.0 Å². The average molecular weight is 521 g/mol. The zero-order chi connectivity index (χ0) is 26.1. The van der Waals surface area contributed by atoms with Crippen molar-refractivity contribution in [1.82, 2.24) is 24.6 Å². The topological polar surface area (TPSA) is 67.2 Å². The smallest absolute Gasteiger partial charge is 0.253 e. The number of benzene rings is 2. The first kappa shape index (κ1) is 25.1. The quantitative estimate of drug-likeness (QED) is 0.337. The van der Waals surface area contributed by atoms with Gasteiger partial charge in [0.25, 0.3) is 5.91 Å². The van der Waals surface area contributed by atoms with Gasteiger partial charge in [0.05, 0.1) is 16.8 Å². The van der Waals surface area contributed by atoms with E-state index in [0.717, 1.165) is 41.3 Å². The fraction of sp³-hybridized carbons (Fsp3) is 0.357. The van der Waals surface area contributed by atoms with E-state index in [1.165, 1.54) is 12.1 Å². The van der Waals surface area contributed by atoms with Crippen LogP contribution in [0.4, 0.5) is 10.2 Å². The van der Waals surface area contributed by atoms with Crippen LogP contribution in [0.1, 0.15) is 42.1 Å². The Bertz CT molecular complexity index is 1410. The number of carbonyl (C=O) groups excluding carboxylic acids is 1. The van der Waals surface area contributed by atoms with E-state index in [0.29, 0.717) is 48.3 Å². The van der Waals surface area contributed by atoms with Gasteiger partial charge < -0.3 is 9.80 Å². The standard InChI is InChI=1S/C28H30ClFN6O/c1-18(2)4-13-24-31-26(25-19(3)33-36(27(25)32-24)23-11-9-22(30)10-12-23)34-14-16-35(17-15-34)28(37)20-5-7-21(29)8-6-20/h5-12,18H,4,13-17H2,1-3H3. The number of piperazine rings is 1. The van der Waals surface area contributed by atoms with Crippen LogP contribution in [-0.4, -0.2) is 56.7 Å². The third-order valence-corrected chi connectivity index (χ3v) is 6.96. The highest BCUT2D eigenvalue weighted by Crippen LogP contribution is 2.30. The first-order chi connectivity index (χ1) is 17.8. The zero-order valence-electron chi connectivity index (χ0n) is 21.3. The molecule has 0 saturated carbocycles. The Labute approximate surface area is 220 Å². The Kier molecular flexibility index (Phi) is 7.11. The summed E-state index contributed by atoms with van der Waals surface area (Å²) in [5.41, 5.74) is 2.91. The third-order valence-electron chi connectivity index (χ3n) is 6.70. The molecule has 1 saturated heterocycles. The Hall–Kier alpha value is -3.52. The van der Waals surface area contributed by atoms with Crippen molar-refractivity contribution >= 4 is 34.4 Å². The predicted octanol–water partition coefficient (Wildman–Crippen LogP) is 5.47. The molecule has 9 heteroatoms. The van der Waals surface area contributed by atoms with Gasteiger partial charge in [0.15, 0.2) is 5.65 Å². The zero-order valence-corrected chi connectivity index (χ0v) is 22.0. The minimum Gasteiger partial charge on any atom is -0.352 e. The Morgan fingerprint density at radius 2 is 1.68 bits per heavy atom. The minimum atomic E-state index is -0.295. The van der Waals surface area contributed by atoms with E-state index in [9.17, 15) is 9.18 Å². The minimum absolute atomic E-state index is 0.00193. The molecule has 1 aliphatic rings. The lowest BCUT2D eigenvalue weighted by Crippen LogP contribution is -2.49. The molecule has 1 fully saturated rings. The van der Waals surface area contributed by atoms with Gasteiger partial charge in [-0.2, -0.15) is 5.10 Å². The van der Waals surface area contributed by atoms with Gasteiger partial charge in [0.1, 0.15) is 17.5 Å². The van der Waals surface area contributed by atoms with Gasteiger partial charge >= 0.3 is 0 Å². The summed E-state index contributed by atoms with van der Waals surface area (Å²) < 4.78 is 15.4. The molecular formula is C28H30ClFN6O. The van der Waals surface area contributed by atoms with Crippen molar-refractivity contribution < 1.29 is 9.18 Å². The van der Waals surface area contributed by atoms with Crippen molar-refractivity contribution in [1.29, 1.82) is 0 Å². The number of carbonyl (C=O) groups is 1. The van der Waals surface area contributed by atoms with Gasteiger partial charge in [-0.1, -0.05) is 25.4 Å². The maximum atomic E-state index is 13.6. The number of anilines is 1. The number of halogens is 2. The molecule has 2 aromatic carbocycles. The van der Waals surface area contributed by atoms with E-state index in [4.69, 9.17) is 26.7 Å². The molecule has 2 aromatic heterocycles. The van der Waals surface area contributed by atoms with Crippen LogP contribution < -0.4 is 4.90 Å². The molecule has 5 rings (SSSR count). The van der Waals surface area contributed by atoms with Crippen LogP contribution in [0.5, 0.6) is 0 Å². The van der Waals surface area contributed by atoms with E-state index in [-0.39, 0.29) is 11.7 Å². The fourth-order valence-corrected chi connectivity index (χ4v) is 4.75. The van der Waals surface area contributed by atoms with E-state index >= 15 is 0 Å². The lowest BCUT2D eigenvalue weighted by atomic mass is 10.1. The van der Waals surface area contributed by atoms with E-state index in [2.05, 4.69) is 18.7 Å². The molecule has 7 nitrogen and oxygen atoms in total. The summed E-state index contributed by atoms with van der Waals surface area (Å²) in [4.78, 5) is 27.0. The van der Waals surface area contributed by atoms with Crippen LogP contribution in [0.3, 0.4) is 0 Å². The molecule has 192 valence electrons. The number of rotatable bonds is 6. The average Bonchev–Trinajstić information content (AvgIpc) is 3.24. The van der Waals surface area contributed by atoms with Crippen molar-refractivity contribution in [2.24, 2.45) is 5.92 Å². The number of aryl methyl sites for hydroxylation is 2. The highest BCUT2D eigenvalue weighted by molar-refractivity contribution is 6.30. The SMILES string of the molecule is Cc1nn(-c2ccc(F)cc2)c2nc(CCC(C)C)nc(N3CCN(C(=O)c4ccc(Cl)cc4)CC3)c12. The summed E-state index contributed by atoms with van der Waals surface area (Å²) >= 11 is 5.98. The Balaban J connectivity index is 1.47. The molecule has 4 aromatic rings. The molecule has 0 atom stereocenters. The van der Waals surface area contributed by atoms with Crippen LogP contribution in [0.15, 0.2) is 48.5 Å². The number of hydrogen-bond acceptors (Lipinski definition) is 5. The molecule has 0 radical (unpaired) electrons. The molecule has 37 heavy (non-hydrogen) atoms. The van der Waals surface area contributed by atoms with Crippen molar-refractivity contribution in [3.8, 4) is 5.69 Å². The largest absolute Gasteiger partial charge is 0.352 e. The molecule has 0 spiro atoms. The van der Waals surface area contributed by atoms with Crippen LogP contribution in [0.25, 0.3) is 16.7 Å². The number of amides is 1. The number of fused-ring (bicyclic) bond motifs is 1. The highest BCUT2D eigenvalue weighted by Gasteiger charge is 2.27. The maximum absolute atomic E-state index is 13.6. The highest BCUT2D eigenvalue weighted by atomic mass is 35.5. The van der Waals surface area contributed by atoms with Gasteiger partial charge in [-0.3, -0.25) is 4.79 Å². The van der Waals surface area contributed by atoms with Gasteiger partial charge in [-0.05, 0) is 67.8 Å². The first-order valence-corrected chi connectivity index (χ1v) is 13.0. The van der Waals surface area contributed by atoms with Crippen LogP contribution >= 0.6 is 11.6 Å². The molecular weight excluding hydrogens is 491 g/mol. The van der Waals surface area contributed by atoms with Crippen LogP contribution in [-0.2, 0) is 6.42 Å². The van der Waals surface area contributed by atoms with E-state index < -0.39 is 0 Å². The van der Waals surface area contributed by atoms with Crippen molar-refractivity contribution in [2.45, 2.75) is 33.6 Å². The fourth-order valence-electron chi connectivity index (χ4n) is 4.62.